The number of carboxylic acid groups (broad SMARTS) is 1. The molecule has 5 heterocycles. The number of carboxylic acids is 1. The van der Waals surface area contributed by atoms with E-state index in [1.807, 2.05) is 6.07 Å². The Morgan fingerprint density at radius 2 is 2.09 bits per heavy atom. The molecule has 5 aromatic rings. The number of H-pyrrole nitrogens is 1. The first-order valence-electron chi connectivity index (χ1n) is 10.5. The van der Waals surface area contributed by atoms with Gasteiger partial charge in [-0.15, -0.1) is 16.4 Å². The first-order valence-corrected chi connectivity index (χ1v) is 11.7. The maximum atomic E-state index is 13.3. The number of nitrogens with one attached hydrogen (secondary N) is 1. The number of aromatic amines is 1. The third-order valence-corrected chi connectivity index (χ3v) is 7.11. The summed E-state index contributed by atoms with van der Waals surface area (Å²) in [5.41, 5.74) is 3.49. The smallest absolute Gasteiger partial charge is 0.347 e. The summed E-state index contributed by atoms with van der Waals surface area (Å²) in [4.78, 5) is 36.4. The number of imidazole rings is 1. The lowest BCUT2D eigenvalue weighted by Gasteiger charge is -2.15. The van der Waals surface area contributed by atoms with Crippen LogP contribution in [0.15, 0.2) is 53.8 Å². The van der Waals surface area contributed by atoms with Crippen LogP contribution in [0.25, 0.3) is 27.5 Å². The average Bonchev–Trinajstić information content (AvgIpc) is 3.64. The van der Waals surface area contributed by atoms with Gasteiger partial charge in [0.2, 0.25) is 0 Å². The second kappa shape index (κ2) is 8.25. The summed E-state index contributed by atoms with van der Waals surface area (Å²) in [6, 6.07) is 8.62. The molecule has 11 nitrogen and oxygen atoms in total. The maximum Gasteiger partial charge on any atom is 0.347 e. The molecule has 0 spiro atoms. The van der Waals surface area contributed by atoms with E-state index in [0.29, 0.717) is 40.1 Å². The Hall–Kier alpha value is -4.16. The van der Waals surface area contributed by atoms with Crippen LogP contribution in [0.3, 0.4) is 0 Å². The number of hydrogen-bond donors (Lipinski definition) is 2. The minimum absolute atomic E-state index is 0.146. The van der Waals surface area contributed by atoms with Gasteiger partial charge in [-0.3, -0.25) is 4.79 Å². The molecule has 0 saturated heterocycles. The fourth-order valence-corrected chi connectivity index (χ4v) is 5.22. The van der Waals surface area contributed by atoms with Crippen molar-refractivity contribution in [3.05, 3.63) is 80.8 Å². The van der Waals surface area contributed by atoms with E-state index in [4.69, 9.17) is 16.7 Å². The normalized spacial score (nSPS) is 14.8. The summed E-state index contributed by atoms with van der Waals surface area (Å²) >= 11 is 7.33. The summed E-state index contributed by atoms with van der Waals surface area (Å²) < 4.78 is 3.26. The number of aromatic carboxylic acids is 1. The zero-order valence-corrected chi connectivity index (χ0v) is 19.4. The average molecular weight is 507 g/mol. The van der Waals surface area contributed by atoms with Crippen LogP contribution >= 0.6 is 22.9 Å². The summed E-state index contributed by atoms with van der Waals surface area (Å²) in [7, 11) is 0. The number of benzene rings is 1. The molecular formula is C22H15ClN8O3S. The van der Waals surface area contributed by atoms with Crippen LogP contribution in [-0.4, -0.2) is 50.8 Å². The van der Waals surface area contributed by atoms with Crippen LogP contribution in [0, 0.1) is 0 Å². The standard InChI is InChI=1S/C22H15ClN8O3S/c23-12-1-3-16(30-10-26-28-29-30)14(7-12)11-5-13-2-4-17(31(13)19(32)6-11)20-24-8-15(27-20)21-25-9-18(35-21)22(33)34/h1,3,5-10,17H,2,4H2,(H,24,27)(H,33,34)/t17-/m0/s1. The summed E-state index contributed by atoms with van der Waals surface area (Å²) in [6.07, 6.45) is 5.80. The minimum Gasteiger partial charge on any atom is -0.477 e. The predicted octanol–water partition coefficient (Wildman–Crippen LogP) is 3.22. The third kappa shape index (κ3) is 3.72. The highest BCUT2D eigenvalue weighted by Gasteiger charge is 2.28. The Balaban J connectivity index is 1.37. The monoisotopic (exact) mass is 506 g/mol. The largest absolute Gasteiger partial charge is 0.477 e. The zero-order valence-electron chi connectivity index (χ0n) is 17.8. The van der Waals surface area contributed by atoms with Gasteiger partial charge in [-0.2, -0.15) is 4.68 Å². The molecule has 2 N–H and O–H groups in total. The highest BCUT2D eigenvalue weighted by molar-refractivity contribution is 7.16. The lowest BCUT2D eigenvalue weighted by Crippen LogP contribution is -2.23. The lowest BCUT2D eigenvalue weighted by atomic mass is 10.0. The van der Waals surface area contributed by atoms with Crippen LogP contribution in [0.5, 0.6) is 0 Å². The number of fused-ring (bicyclic) bond motifs is 1. The molecule has 0 amide bonds. The van der Waals surface area contributed by atoms with Gasteiger partial charge in [0.15, 0.2) is 0 Å². The van der Waals surface area contributed by atoms with E-state index in [0.717, 1.165) is 28.2 Å². The highest BCUT2D eigenvalue weighted by atomic mass is 35.5. The number of pyridine rings is 1. The molecule has 4 aromatic heterocycles. The van der Waals surface area contributed by atoms with Crippen molar-refractivity contribution in [1.82, 2.24) is 39.7 Å². The summed E-state index contributed by atoms with van der Waals surface area (Å²) in [5.74, 6) is -0.402. The van der Waals surface area contributed by atoms with Gasteiger partial charge < -0.3 is 14.7 Å². The molecule has 0 fully saturated rings. The van der Waals surface area contributed by atoms with Crippen molar-refractivity contribution in [2.75, 3.05) is 0 Å². The minimum atomic E-state index is -1.02. The molecule has 6 rings (SSSR count). The molecule has 0 aliphatic carbocycles. The quantitative estimate of drug-likeness (QED) is 0.369. The van der Waals surface area contributed by atoms with E-state index in [2.05, 4.69) is 30.5 Å². The molecular weight excluding hydrogens is 492 g/mol. The van der Waals surface area contributed by atoms with Crippen LogP contribution in [0.2, 0.25) is 5.02 Å². The number of aromatic nitrogens is 8. The number of aryl methyl sites for hydroxylation is 1. The second-order valence-corrected chi connectivity index (χ2v) is 9.40. The first kappa shape index (κ1) is 21.4. The highest BCUT2D eigenvalue weighted by Crippen LogP contribution is 2.34. The molecule has 0 unspecified atom stereocenters. The number of hydrogen-bond acceptors (Lipinski definition) is 8. The van der Waals surface area contributed by atoms with Crippen LogP contribution in [0.4, 0.5) is 0 Å². The molecule has 1 atom stereocenters. The number of rotatable bonds is 5. The van der Waals surface area contributed by atoms with Crippen molar-refractivity contribution >= 4 is 28.9 Å². The van der Waals surface area contributed by atoms with Gasteiger partial charge in [0.1, 0.15) is 22.0 Å². The van der Waals surface area contributed by atoms with Gasteiger partial charge in [-0.05, 0) is 53.1 Å². The Kier molecular flexibility index (Phi) is 5.04. The van der Waals surface area contributed by atoms with Crippen molar-refractivity contribution in [2.45, 2.75) is 18.9 Å². The first-order chi connectivity index (χ1) is 17.0. The Labute approximate surface area is 205 Å². The number of halogens is 1. The number of thiazole rings is 1. The fourth-order valence-electron chi connectivity index (χ4n) is 4.33. The maximum absolute atomic E-state index is 13.3. The molecule has 1 aliphatic heterocycles. The molecule has 13 heteroatoms. The SMILES string of the molecule is O=C(O)c1cnc(-c2cnc([C@@H]3CCc4cc(-c5cc(Cl)ccc5-n5cnnn5)cc(=O)n43)[nH]2)s1. The van der Waals surface area contributed by atoms with E-state index in [1.54, 1.807) is 35.0 Å². The molecule has 1 aromatic carbocycles. The van der Waals surface area contributed by atoms with E-state index < -0.39 is 5.97 Å². The Bertz CT molecular complexity index is 1640. The fraction of sp³-hybridized carbons (Fsp3) is 0.136. The van der Waals surface area contributed by atoms with E-state index in [9.17, 15) is 9.59 Å². The molecule has 0 radical (unpaired) electrons. The Morgan fingerprint density at radius 3 is 2.86 bits per heavy atom. The van der Waals surface area contributed by atoms with Crippen LogP contribution in [0.1, 0.15) is 33.7 Å². The van der Waals surface area contributed by atoms with Crippen molar-refractivity contribution in [2.24, 2.45) is 0 Å². The predicted molar refractivity (Wildman–Crippen MR) is 127 cm³/mol. The number of carbonyl (C=O) groups is 1. The Morgan fingerprint density at radius 1 is 1.20 bits per heavy atom. The van der Waals surface area contributed by atoms with Gasteiger partial charge in [0.05, 0.1) is 29.8 Å². The second-order valence-electron chi connectivity index (χ2n) is 7.93. The molecule has 1 aliphatic rings. The van der Waals surface area contributed by atoms with E-state index in [1.165, 1.54) is 17.2 Å². The molecule has 0 bridgehead atoms. The van der Waals surface area contributed by atoms with Crippen molar-refractivity contribution in [3.63, 3.8) is 0 Å². The summed E-state index contributed by atoms with van der Waals surface area (Å²) in [6.45, 7) is 0. The van der Waals surface area contributed by atoms with Gasteiger partial charge in [-0.25, -0.2) is 14.8 Å². The molecule has 0 saturated carbocycles. The van der Waals surface area contributed by atoms with Crippen molar-refractivity contribution in [1.29, 1.82) is 0 Å². The zero-order chi connectivity index (χ0) is 24.1. The molecule has 174 valence electrons. The van der Waals surface area contributed by atoms with Gasteiger partial charge in [-0.1, -0.05) is 11.6 Å². The van der Waals surface area contributed by atoms with Gasteiger partial charge >= 0.3 is 5.97 Å². The lowest BCUT2D eigenvalue weighted by molar-refractivity contribution is 0.0702. The van der Waals surface area contributed by atoms with Crippen molar-refractivity contribution in [3.8, 4) is 27.5 Å². The van der Waals surface area contributed by atoms with Crippen LogP contribution < -0.4 is 5.56 Å². The number of nitrogens with zero attached hydrogens (tertiary/aromatic N) is 7. The van der Waals surface area contributed by atoms with Crippen LogP contribution in [-0.2, 0) is 6.42 Å². The summed E-state index contributed by atoms with van der Waals surface area (Å²) in [5, 5.41) is 21.6. The van der Waals surface area contributed by atoms with Gasteiger partial charge in [0.25, 0.3) is 5.56 Å². The number of tetrazole rings is 1. The van der Waals surface area contributed by atoms with Gasteiger partial charge in [0, 0.05) is 22.3 Å². The van der Waals surface area contributed by atoms with Crippen molar-refractivity contribution < 1.29 is 9.90 Å². The van der Waals surface area contributed by atoms with E-state index >= 15 is 0 Å². The molecule has 35 heavy (non-hydrogen) atoms. The third-order valence-electron chi connectivity index (χ3n) is 5.86. The van der Waals surface area contributed by atoms with E-state index in [-0.39, 0.29) is 16.5 Å². The topological polar surface area (TPSA) is 144 Å².